The smallest absolute Gasteiger partial charge is 0.255 e. The minimum absolute atomic E-state index is 0.0164. The quantitative estimate of drug-likeness (QED) is 0.810. The first kappa shape index (κ1) is 17.9. The second-order valence-corrected chi connectivity index (χ2v) is 8.08. The van der Waals surface area contributed by atoms with Crippen molar-refractivity contribution in [1.29, 1.82) is 0 Å². The topological polar surface area (TPSA) is 71.5 Å². The molecule has 0 spiro atoms. The molecule has 7 nitrogen and oxygen atoms in total. The highest BCUT2D eigenvalue weighted by Crippen LogP contribution is 2.27. The number of pyridine rings is 1. The average Bonchev–Trinajstić information content (AvgIpc) is 3.11. The summed E-state index contributed by atoms with van der Waals surface area (Å²) in [6.07, 6.45) is 3.60. The minimum Gasteiger partial charge on any atom is -0.378 e. The lowest BCUT2D eigenvalue weighted by atomic mass is 9.95. The highest BCUT2D eigenvalue weighted by atomic mass is 16.5. The van der Waals surface area contributed by atoms with Crippen LogP contribution < -0.4 is 4.90 Å². The maximum absolute atomic E-state index is 12.5. The molecule has 7 heteroatoms. The Balaban J connectivity index is 1.47. The third-order valence-corrected chi connectivity index (χ3v) is 4.94. The third kappa shape index (κ3) is 3.64. The van der Waals surface area contributed by atoms with Gasteiger partial charge in [0.05, 0.1) is 31.0 Å². The van der Waals surface area contributed by atoms with E-state index in [1.165, 1.54) is 0 Å². The molecule has 2 aliphatic heterocycles. The first-order valence-electron chi connectivity index (χ1n) is 9.35. The number of morpholine rings is 1. The van der Waals surface area contributed by atoms with Gasteiger partial charge in [-0.3, -0.25) is 4.79 Å². The van der Waals surface area contributed by atoms with Gasteiger partial charge in [0.1, 0.15) is 11.6 Å². The molecular weight excluding hydrogens is 342 g/mol. The number of fused-ring (bicyclic) bond motifs is 1. The molecule has 0 aromatic carbocycles. The van der Waals surface area contributed by atoms with Gasteiger partial charge in [-0.05, 0) is 12.1 Å². The number of carbonyl (C=O) groups excluding carboxylic acids is 1. The van der Waals surface area contributed by atoms with Crippen molar-refractivity contribution in [3.63, 3.8) is 0 Å². The molecule has 0 radical (unpaired) electrons. The van der Waals surface area contributed by atoms with E-state index in [-0.39, 0.29) is 11.3 Å². The molecule has 4 heterocycles. The van der Waals surface area contributed by atoms with E-state index in [1.54, 1.807) is 6.20 Å². The van der Waals surface area contributed by atoms with E-state index in [9.17, 15) is 4.79 Å². The Kier molecular flexibility index (Phi) is 4.55. The molecule has 142 valence electrons. The van der Waals surface area contributed by atoms with Crippen LogP contribution in [-0.2, 0) is 23.2 Å². The van der Waals surface area contributed by atoms with Crippen molar-refractivity contribution >= 4 is 11.7 Å². The zero-order valence-electron chi connectivity index (χ0n) is 16.1. The fraction of sp³-hybridized carbons (Fsp3) is 0.500. The van der Waals surface area contributed by atoms with Crippen LogP contribution in [-0.4, -0.2) is 52.1 Å². The summed E-state index contributed by atoms with van der Waals surface area (Å²) < 4.78 is 5.31. The minimum atomic E-state index is -0.0673. The molecular formula is C20H25N5O2. The Bertz CT molecular complexity index is 838. The Hall–Kier alpha value is -2.54. The van der Waals surface area contributed by atoms with E-state index >= 15 is 0 Å². The van der Waals surface area contributed by atoms with Crippen LogP contribution in [0.1, 0.15) is 48.2 Å². The fourth-order valence-corrected chi connectivity index (χ4v) is 3.33. The van der Waals surface area contributed by atoms with Crippen LogP contribution in [0.25, 0.3) is 0 Å². The number of hydrogen-bond acceptors (Lipinski definition) is 6. The van der Waals surface area contributed by atoms with E-state index in [0.717, 1.165) is 29.4 Å². The number of anilines is 1. The van der Waals surface area contributed by atoms with Crippen LogP contribution in [0.15, 0.2) is 24.5 Å². The van der Waals surface area contributed by atoms with Gasteiger partial charge in [-0.15, -0.1) is 0 Å². The largest absolute Gasteiger partial charge is 0.378 e. The molecule has 0 bridgehead atoms. The summed E-state index contributed by atoms with van der Waals surface area (Å²) >= 11 is 0. The van der Waals surface area contributed by atoms with Crippen LogP contribution >= 0.6 is 0 Å². The van der Waals surface area contributed by atoms with E-state index < -0.39 is 0 Å². The first-order chi connectivity index (χ1) is 12.9. The zero-order valence-corrected chi connectivity index (χ0v) is 16.1. The maximum Gasteiger partial charge on any atom is 0.255 e. The van der Waals surface area contributed by atoms with Gasteiger partial charge < -0.3 is 14.5 Å². The average molecular weight is 367 g/mol. The Morgan fingerprint density at radius 1 is 1.07 bits per heavy atom. The Labute approximate surface area is 159 Å². The summed E-state index contributed by atoms with van der Waals surface area (Å²) in [6, 6.07) is 3.77. The highest BCUT2D eigenvalue weighted by Gasteiger charge is 2.26. The van der Waals surface area contributed by atoms with Crippen LogP contribution in [0.2, 0.25) is 0 Å². The monoisotopic (exact) mass is 367 g/mol. The van der Waals surface area contributed by atoms with Gasteiger partial charge in [-0.25, -0.2) is 15.0 Å². The van der Waals surface area contributed by atoms with Crippen LogP contribution in [0.4, 0.5) is 5.82 Å². The molecule has 0 unspecified atom stereocenters. The molecule has 0 atom stereocenters. The number of nitrogens with zero attached hydrogens (tertiary/aromatic N) is 5. The molecule has 1 fully saturated rings. The van der Waals surface area contributed by atoms with E-state index in [1.807, 2.05) is 23.2 Å². The van der Waals surface area contributed by atoms with Gasteiger partial charge in [0.2, 0.25) is 0 Å². The Morgan fingerprint density at radius 3 is 2.52 bits per heavy atom. The summed E-state index contributed by atoms with van der Waals surface area (Å²) in [4.78, 5) is 30.3. The van der Waals surface area contributed by atoms with Crippen molar-refractivity contribution in [1.82, 2.24) is 19.9 Å². The van der Waals surface area contributed by atoms with Crippen molar-refractivity contribution < 1.29 is 9.53 Å². The summed E-state index contributed by atoms with van der Waals surface area (Å²) in [7, 11) is 0. The number of rotatable bonds is 2. The van der Waals surface area contributed by atoms with Gasteiger partial charge in [-0.2, -0.15) is 0 Å². The maximum atomic E-state index is 12.5. The summed E-state index contributed by atoms with van der Waals surface area (Å²) in [5.74, 6) is 1.73. The number of ether oxygens (including phenoxy) is 1. The molecule has 0 N–H and O–H groups in total. The molecule has 1 amide bonds. The summed E-state index contributed by atoms with van der Waals surface area (Å²) in [5, 5.41) is 0. The van der Waals surface area contributed by atoms with E-state index in [4.69, 9.17) is 9.72 Å². The van der Waals surface area contributed by atoms with Crippen molar-refractivity contribution in [2.75, 3.05) is 31.2 Å². The van der Waals surface area contributed by atoms with Gasteiger partial charge in [0.15, 0.2) is 0 Å². The molecule has 0 saturated carbocycles. The van der Waals surface area contributed by atoms with Gasteiger partial charge in [-0.1, -0.05) is 20.8 Å². The lowest BCUT2D eigenvalue weighted by molar-refractivity contribution is 0.0302. The van der Waals surface area contributed by atoms with Crippen LogP contribution in [0.3, 0.4) is 0 Å². The van der Waals surface area contributed by atoms with Gasteiger partial charge >= 0.3 is 0 Å². The molecule has 1 saturated heterocycles. The molecule has 27 heavy (non-hydrogen) atoms. The second kappa shape index (κ2) is 6.88. The normalized spacial score (nSPS) is 17.1. The van der Waals surface area contributed by atoms with E-state index in [2.05, 4.69) is 35.6 Å². The summed E-state index contributed by atoms with van der Waals surface area (Å²) in [5.41, 5.74) is 2.75. The predicted octanol–water partition coefficient (Wildman–Crippen LogP) is 2.16. The van der Waals surface area contributed by atoms with Crippen molar-refractivity contribution in [3.8, 4) is 0 Å². The fourth-order valence-electron chi connectivity index (χ4n) is 3.33. The zero-order chi connectivity index (χ0) is 19.0. The molecule has 2 aliphatic rings. The lowest BCUT2D eigenvalue weighted by Crippen LogP contribution is -2.40. The van der Waals surface area contributed by atoms with Gasteiger partial charge in [0, 0.05) is 43.0 Å². The number of aromatic nitrogens is 3. The second-order valence-electron chi connectivity index (χ2n) is 8.08. The SMILES string of the molecule is CC(C)(C)c1ncc2c(n1)CN(c1ccc(C(=O)N3CCOCC3)cn1)C2. The number of carbonyl (C=O) groups is 1. The number of hydrogen-bond donors (Lipinski definition) is 0. The van der Waals surface area contributed by atoms with Crippen LogP contribution in [0.5, 0.6) is 0 Å². The van der Waals surface area contributed by atoms with Crippen LogP contribution in [0, 0.1) is 0 Å². The van der Waals surface area contributed by atoms with Crippen molar-refractivity contribution in [2.45, 2.75) is 39.3 Å². The molecule has 4 rings (SSSR count). The standard InChI is InChI=1S/C20H25N5O2/c1-20(2,3)19-22-11-15-12-25(13-16(15)23-19)17-5-4-14(10-21-17)18(26)24-6-8-27-9-7-24/h4-5,10-11H,6-9,12-13H2,1-3H3. The van der Waals surface area contributed by atoms with Crippen molar-refractivity contribution in [2.24, 2.45) is 0 Å². The lowest BCUT2D eigenvalue weighted by Gasteiger charge is -2.27. The summed E-state index contributed by atoms with van der Waals surface area (Å²) in [6.45, 7) is 10.3. The predicted molar refractivity (Wildman–Crippen MR) is 102 cm³/mol. The van der Waals surface area contributed by atoms with Crippen molar-refractivity contribution in [3.05, 3.63) is 47.2 Å². The number of amides is 1. The first-order valence-corrected chi connectivity index (χ1v) is 9.35. The van der Waals surface area contributed by atoms with E-state index in [0.29, 0.717) is 38.4 Å². The molecule has 2 aromatic heterocycles. The van der Waals surface area contributed by atoms with Gasteiger partial charge in [0.25, 0.3) is 5.91 Å². The molecule has 2 aromatic rings. The highest BCUT2D eigenvalue weighted by molar-refractivity contribution is 5.94. The third-order valence-electron chi connectivity index (χ3n) is 4.94. The molecule has 0 aliphatic carbocycles. The Morgan fingerprint density at radius 2 is 1.85 bits per heavy atom.